The van der Waals surface area contributed by atoms with Crippen molar-refractivity contribution in [3.63, 3.8) is 0 Å². The molecule has 5 heteroatoms. The molecule has 0 fully saturated rings. The van der Waals surface area contributed by atoms with Crippen LogP contribution in [0.3, 0.4) is 0 Å². The molecule has 0 N–H and O–H groups in total. The molecular weight excluding hydrogens is 260 g/mol. The highest BCUT2D eigenvalue weighted by Crippen LogP contribution is 2.27. The molecule has 0 spiro atoms. The van der Waals surface area contributed by atoms with E-state index < -0.39 is 0 Å². The van der Waals surface area contributed by atoms with Gasteiger partial charge in [0.2, 0.25) is 0 Å². The minimum absolute atomic E-state index is 0.249. The predicted octanol–water partition coefficient (Wildman–Crippen LogP) is 3.84. The first-order valence-corrected chi connectivity index (χ1v) is 6.98. The van der Waals surface area contributed by atoms with Crippen molar-refractivity contribution in [1.29, 1.82) is 0 Å². The fraction of sp³-hybridized carbons (Fsp3) is 0.500. The topological polar surface area (TPSA) is 43.6 Å². The van der Waals surface area contributed by atoms with Gasteiger partial charge in [-0.15, -0.1) is 0 Å². The normalized spacial score (nSPS) is 11.3. The SMILES string of the molecule is CCCn1nccc1-c1nc(C(C)C)nc(Cl)c1C. The number of aromatic nitrogens is 4. The van der Waals surface area contributed by atoms with Crippen LogP contribution in [0.4, 0.5) is 0 Å². The van der Waals surface area contributed by atoms with Crippen molar-refractivity contribution in [2.24, 2.45) is 0 Å². The predicted molar refractivity (Wildman–Crippen MR) is 77.4 cm³/mol. The van der Waals surface area contributed by atoms with E-state index in [1.807, 2.05) is 17.7 Å². The van der Waals surface area contributed by atoms with Crippen molar-refractivity contribution in [2.75, 3.05) is 0 Å². The highest BCUT2D eigenvalue weighted by Gasteiger charge is 2.16. The largest absolute Gasteiger partial charge is 0.263 e. The molecule has 0 amide bonds. The Hall–Kier alpha value is -1.42. The molecule has 0 aliphatic rings. The lowest BCUT2D eigenvalue weighted by atomic mass is 10.1. The molecule has 19 heavy (non-hydrogen) atoms. The molecule has 0 saturated heterocycles. The third-order valence-corrected chi connectivity index (χ3v) is 3.38. The fourth-order valence-electron chi connectivity index (χ4n) is 1.94. The van der Waals surface area contributed by atoms with E-state index in [4.69, 9.17) is 11.6 Å². The number of aryl methyl sites for hydroxylation is 1. The molecule has 0 aromatic carbocycles. The van der Waals surface area contributed by atoms with E-state index in [0.717, 1.165) is 35.7 Å². The summed E-state index contributed by atoms with van der Waals surface area (Å²) in [6, 6.07) is 1.98. The minimum Gasteiger partial charge on any atom is -0.263 e. The highest BCUT2D eigenvalue weighted by atomic mass is 35.5. The zero-order valence-corrected chi connectivity index (χ0v) is 12.6. The van der Waals surface area contributed by atoms with Crippen LogP contribution in [0, 0.1) is 6.92 Å². The smallest absolute Gasteiger partial charge is 0.136 e. The average molecular weight is 279 g/mol. The minimum atomic E-state index is 0.249. The van der Waals surface area contributed by atoms with E-state index in [1.54, 1.807) is 6.20 Å². The van der Waals surface area contributed by atoms with E-state index >= 15 is 0 Å². The third kappa shape index (κ3) is 2.78. The molecule has 2 heterocycles. The molecule has 0 bridgehead atoms. The summed E-state index contributed by atoms with van der Waals surface area (Å²) >= 11 is 6.23. The van der Waals surface area contributed by atoms with Crippen LogP contribution in [-0.4, -0.2) is 19.7 Å². The van der Waals surface area contributed by atoms with Gasteiger partial charge in [-0.3, -0.25) is 4.68 Å². The molecule has 0 aliphatic carbocycles. The van der Waals surface area contributed by atoms with Gasteiger partial charge in [-0.1, -0.05) is 32.4 Å². The van der Waals surface area contributed by atoms with E-state index in [9.17, 15) is 0 Å². The van der Waals surface area contributed by atoms with Gasteiger partial charge in [0.1, 0.15) is 11.0 Å². The van der Waals surface area contributed by atoms with E-state index in [0.29, 0.717) is 5.15 Å². The maximum Gasteiger partial charge on any atom is 0.136 e. The molecule has 4 nitrogen and oxygen atoms in total. The van der Waals surface area contributed by atoms with Gasteiger partial charge in [0.15, 0.2) is 0 Å². The van der Waals surface area contributed by atoms with Crippen LogP contribution >= 0.6 is 11.6 Å². The van der Waals surface area contributed by atoms with Crippen molar-refractivity contribution in [3.05, 3.63) is 28.8 Å². The van der Waals surface area contributed by atoms with Gasteiger partial charge < -0.3 is 0 Å². The summed E-state index contributed by atoms with van der Waals surface area (Å²) in [6.45, 7) is 9.08. The number of nitrogens with zero attached hydrogens (tertiary/aromatic N) is 4. The Balaban J connectivity index is 2.57. The first-order chi connectivity index (χ1) is 9.04. The van der Waals surface area contributed by atoms with Crippen molar-refractivity contribution < 1.29 is 0 Å². The van der Waals surface area contributed by atoms with Crippen LogP contribution in [0.25, 0.3) is 11.4 Å². The van der Waals surface area contributed by atoms with Crippen molar-refractivity contribution in [2.45, 2.75) is 46.6 Å². The molecule has 0 radical (unpaired) electrons. The molecule has 102 valence electrons. The zero-order chi connectivity index (χ0) is 14.0. The molecule has 0 unspecified atom stereocenters. The summed E-state index contributed by atoms with van der Waals surface area (Å²) in [5, 5.41) is 4.87. The highest BCUT2D eigenvalue weighted by molar-refractivity contribution is 6.30. The quantitative estimate of drug-likeness (QED) is 0.798. The lowest BCUT2D eigenvalue weighted by Gasteiger charge is -2.12. The Labute approximate surface area is 118 Å². The maximum atomic E-state index is 6.23. The fourth-order valence-corrected chi connectivity index (χ4v) is 2.11. The van der Waals surface area contributed by atoms with E-state index in [2.05, 4.69) is 35.8 Å². The van der Waals surface area contributed by atoms with Crippen molar-refractivity contribution >= 4 is 11.6 Å². The van der Waals surface area contributed by atoms with Gasteiger partial charge >= 0.3 is 0 Å². The van der Waals surface area contributed by atoms with Crippen LogP contribution in [0.1, 0.15) is 44.5 Å². The third-order valence-electron chi connectivity index (χ3n) is 3.01. The summed E-state index contributed by atoms with van der Waals surface area (Å²) in [6.07, 6.45) is 2.83. The number of halogens is 1. The number of hydrogen-bond acceptors (Lipinski definition) is 3. The monoisotopic (exact) mass is 278 g/mol. The average Bonchev–Trinajstić information content (AvgIpc) is 2.81. The van der Waals surface area contributed by atoms with Gasteiger partial charge in [-0.05, 0) is 19.4 Å². The number of hydrogen-bond donors (Lipinski definition) is 0. The lowest BCUT2D eigenvalue weighted by Crippen LogP contribution is -2.07. The summed E-state index contributed by atoms with van der Waals surface area (Å²) in [5.74, 6) is 1.02. The van der Waals surface area contributed by atoms with Crippen LogP contribution < -0.4 is 0 Å². The van der Waals surface area contributed by atoms with Crippen LogP contribution in [0.5, 0.6) is 0 Å². The molecule has 2 aromatic heterocycles. The molecular formula is C14H19ClN4. The standard InChI is InChI=1S/C14H19ClN4/c1-5-8-19-11(6-7-16-19)12-10(4)13(15)18-14(17-12)9(2)3/h6-7,9H,5,8H2,1-4H3. The first kappa shape index (κ1) is 14.0. The Kier molecular flexibility index (Phi) is 4.20. The van der Waals surface area contributed by atoms with Crippen LogP contribution in [0.15, 0.2) is 12.3 Å². The van der Waals surface area contributed by atoms with Gasteiger partial charge in [-0.2, -0.15) is 5.10 Å². The van der Waals surface area contributed by atoms with Gasteiger partial charge in [0.05, 0.1) is 11.4 Å². The second-order valence-electron chi connectivity index (χ2n) is 4.94. The Morgan fingerprint density at radius 2 is 2.05 bits per heavy atom. The molecule has 0 atom stereocenters. The van der Waals surface area contributed by atoms with E-state index in [-0.39, 0.29) is 5.92 Å². The maximum absolute atomic E-state index is 6.23. The van der Waals surface area contributed by atoms with Crippen LogP contribution in [-0.2, 0) is 6.54 Å². The Bertz CT molecular complexity index is 575. The summed E-state index contributed by atoms with van der Waals surface area (Å²) in [7, 11) is 0. The van der Waals surface area contributed by atoms with Gasteiger partial charge in [-0.25, -0.2) is 9.97 Å². The molecule has 0 saturated carbocycles. The van der Waals surface area contributed by atoms with Crippen LogP contribution in [0.2, 0.25) is 5.15 Å². The van der Waals surface area contributed by atoms with Gasteiger partial charge in [0, 0.05) is 24.2 Å². The summed E-state index contributed by atoms with van der Waals surface area (Å²) < 4.78 is 1.97. The lowest BCUT2D eigenvalue weighted by molar-refractivity contribution is 0.607. The van der Waals surface area contributed by atoms with E-state index in [1.165, 1.54) is 0 Å². The Morgan fingerprint density at radius 3 is 2.68 bits per heavy atom. The molecule has 2 aromatic rings. The zero-order valence-electron chi connectivity index (χ0n) is 11.8. The molecule has 2 rings (SSSR count). The summed E-state index contributed by atoms with van der Waals surface area (Å²) in [4.78, 5) is 9.00. The van der Waals surface area contributed by atoms with Crippen molar-refractivity contribution in [1.82, 2.24) is 19.7 Å². The first-order valence-electron chi connectivity index (χ1n) is 6.60. The second-order valence-corrected chi connectivity index (χ2v) is 5.30. The second kappa shape index (κ2) is 5.70. The molecule has 0 aliphatic heterocycles. The van der Waals surface area contributed by atoms with Crippen molar-refractivity contribution in [3.8, 4) is 11.4 Å². The summed E-state index contributed by atoms with van der Waals surface area (Å²) in [5.41, 5.74) is 2.80. The van der Waals surface area contributed by atoms with Gasteiger partial charge in [0.25, 0.3) is 0 Å². The number of rotatable bonds is 4. The Morgan fingerprint density at radius 1 is 1.32 bits per heavy atom.